The molecule has 1 saturated heterocycles. The Hall–Kier alpha value is -3.83. The van der Waals surface area contributed by atoms with Gasteiger partial charge in [-0.05, 0) is 32.3 Å². The van der Waals surface area contributed by atoms with E-state index in [1.807, 2.05) is 0 Å². The van der Waals surface area contributed by atoms with Crippen molar-refractivity contribution in [3.63, 3.8) is 0 Å². The third-order valence-corrected chi connectivity index (χ3v) is 5.60. The second kappa shape index (κ2) is 11.3. The van der Waals surface area contributed by atoms with Crippen LogP contribution in [0.4, 0.5) is 10.5 Å². The summed E-state index contributed by atoms with van der Waals surface area (Å²) in [6, 6.07) is 3.36. The molecule has 0 spiro atoms. The first-order chi connectivity index (χ1) is 16.6. The molecule has 1 aromatic rings. The number of hydrogen-bond donors (Lipinski definition) is 3. The van der Waals surface area contributed by atoms with Crippen molar-refractivity contribution in [1.82, 2.24) is 16.0 Å². The monoisotopic (exact) mass is 504 g/mol. The topological polar surface area (TPSA) is 174 Å². The van der Waals surface area contributed by atoms with Crippen LogP contribution in [-0.4, -0.2) is 46.2 Å². The maximum absolute atomic E-state index is 13.1. The fourth-order valence-electron chi connectivity index (χ4n) is 3.80. The summed E-state index contributed by atoms with van der Waals surface area (Å²) in [5.41, 5.74) is -0.776. The first-order valence-electron chi connectivity index (χ1n) is 11.5. The van der Waals surface area contributed by atoms with Crippen LogP contribution in [0.25, 0.3) is 0 Å². The molecule has 4 atom stereocenters. The summed E-state index contributed by atoms with van der Waals surface area (Å²) in [4.78, 5) is 73.2. The number of nitrogens with one attached hydrogen (secondary N) is 3. The molecule has 0 aliphatic carbocycles. The molecule has 2 rings (SSSR count). The number of carbonyl (C=O) groups excluding carboxylic acids is 5. The van der Waals surface area contributed by atoms with Crippen molar-refractivity contribution in [2.24, 2.45) is 17.8 Å². The van der Waals surface area contributed by atoms with Crippen LogP contribution in [-0.2, 0) is 23.9 Å². The number of amides is 4. The van der Waals surface area contributed by atoms with Gasteiger partial charge in [0.1, 0.15) is 11.5 Å². The van der Waals surface area contributed by atoms with E-state index in [1.165, 1.54) is 31.2 Å². The van der Waals surface area contributed by atoms with Crippen LogP contribution in [0.2, 0.25) is 0 Å². The zero-order valence-electron chi connectivity index (χ0n) is 21.1. The number of ether oxygens (including phenoxy) is 1. The molecule has 0 saturated carbocycles. The van der Waals surface area contributed by atoms with Gasteiger partial charge in [0.25, 0.3) is 5.69 Å². The minimum absolute atomic E-state index is 0.231. The van der Waals surface area contributed by atoms with Crippen LogP contribution < -0.4 is 16.0 Å². The number of carbonyl (C=O) groups is 5. The van der Waals surface area contributed by atoms with Crippen LogP contribution in [0.1, 0.15) is 59.6 Å². The Morgan fingerprint density at radius 1 is 1.14 bits per heavy atom. The maximum atomic E-state index is 13.1. The quantitative estimate of drug-likeness (QED) is 0.198. The summed E-state index contributed by atoms with van der Waals surface area (Å²) in [5.74, 6) is -5.01. The van der Waals surface area contributed by atoms with E-state index in [-0.39, 0.29) is 17.7 Å². The molecule has 12 nitrogen and oxygen atoms in total. The molecule has 1 aliphatic heterocycles. The van der Waals surface area contributed by atoms with Crippen LogP contribution in [0.5, 0.6) is 0 Å². The van der Waals surface area contributed by atoms with E-state index in [4.69, 9.17) is 4.74 Å². The highest BCUT2D eigenvalue weighted by molar-refractivity contribution is 6.16. The Kier molecular flexibility index (Phi) is 8.89. The lowest BCUT2D eigenvalue weighted by atomic mass is 9.85. The summed E-state index contributed by atoms with van der Waals surface area (Å²) in [6.07, 6.45) is -1.21. The Morgan fingerprint density at radius 2 is 1.78 bits per heavy atom. The molecule has 0 radical (unpaired) electrons. The predicted molar refractivity (Wildman–Crippen MR) is 127 cm³/mol. The predicted octanol–water partition coefficient (Wildman–Crippen LogP) is 2.17. The standard InChI is InChI=1S/C24H32N4O8/c1-12(2)19(20(30)18-13(3)21(31)27-22(18)32)26-17(29)11-16(25-23(33)36-24(4,5)6)14-8-7-9-15(10-14)28(34)35/h7-10,12-13,16,18-19H,11H2,1-6H3,(H,25,33)(H,26,29)(H,27,31,32)/t13-,16-,18+,19-/m0/s1. The van der Waals surface area contributed by atoms with Gasteiger partial charge >= 0.3 is 6.09 Å². The molecule has 1 fully saturated rings. The molecular weight excluding hydrogens is 472 g/mol. The number of nitro benzene ring substituents is 1. The molecule has 4 amide bonds. The van der Waals surface area contributed by atoms with Gasteiger partial charge in [-0.1, -0.05) is 32.9 Å². The average Bonchev–Trinajstić information content (AvgIpc) is 3.00. The Balaban J connectivity index is 2.26. The lowest BCUT2D eigenvalue weighted by Gasteiger charge is -2.26. The van der Waals surface area contributed by atoms with Gasteiger partial charge in [-0.25, -0.2) is 4.79 Å². The minimum atomic E-state index is -1.22. The molecule has 0 unspecified atom stereocenters. The molecular formula is C24H32N4O8. The number of non-ortho nitro benzene ring substituents is 1. The lowest BCUT2D eigenvalue weighted by Crippen LogP contribution is -2.49. The molecule has 196 valence electrons. The fourth-order valence-corrected chi connectivity index (χ4v) is 3.80. The Bertz CT molecular complexity index is 1060. The van der Waals surface area contributed by atoms with Crippen molar-refractivity contribution in [3.05, 3.63) is 39.9 Å². The third kappa shape index (κ3) is 7.33. The van der Waals surface area contributed by atoms with E-state index < -0.39 is 70.0 Å². The van der Waals surface area contributed by atoms with Crippen LogP contribution >= 0.6 is 0 Å². The Morgan fingerprint density at radius 3 is 2.28 bits per heavy atom. The Labute approximate surface area is 208 Å². The molecule has 12 heteroatoms. The number of benzene rings is 1. The van der Waals surface area contributed by atoms with E-state index in [9.17, 15) is 34.1 Å². The second-order valence-corrected chi connectivity index (χ2v) is 10.1. The van der Waals surface area contributed by atoms with Gasteiger partial charge in [0.15, 0.2) is 5.78 Å². The molecule has 1 heterocycles. The molecule has 3 N–H and O–H groups in total. The van der Waals surface area contributed by atoms with E-state index >= 15 is 0 Å². The largest absolute Gasteiger partial charge is 0.444 e. The summed E-state index contributed by atoms with van der Waals surface area (Å²) in [7, 11) is 0. The smallest absolute Gasteiger partial charge is 0.408 e. The minimum Gasteiger partial charge on any atom is -0.444 e. The van der Waals surface area contributed by atoms with E-state index in [0.29, 0.717) is 0 Å². The van der Waals surface area contributed by atoms with Gasteiger partial charge in [0.05, 0.1) is 29.3 Å². The highest BCUT2D eigenvalue weighted by Gasteiger charge is 2.46. The summed E-state index contributed by atoms with van der Waals surface area (Å²) in [6.45, 7) is 9.80. The molecule has 1 aromatic carbocycles. The highest BCUT2D eigenvalue weighted by Crippen LogP contribution is 2.25. The van der Waals surface area contributed by atoms with E-state index in [0.717, 1.165) is 0 Å². The van der Waals surface area contributed by atoms with Crippen molar-refractivity contribution >= 4 is 35.3 Å². The van der Waals surface area contributed by atoms with Gasteiger partial charge in [-0.15, -0.1) is 0 Å². The third-order valence-electron chi connectivity index (χ3n) is 5.60. The summed E-state index contributed by atoms with van der Waals surface area (Å²) in [5, 5.41) is 18.5. The van der Waals surface area contributed by atoms with Crippen molar-refractivity contribution in [2.45, 2.75) is 65.6 Å². The first kappa shape index (κ1) is 28.4. The molecule has 36 heavy (non-hydrogen) atoms. The number of ketones is 1. The molecule has 0 bridgehead atoms. The van der Waals surface area contributed by atoms with Crippen molar-refractivity contribution in [2.75, 3.05) is 0 Å². The number of rotatable bonds is 9. The number of imide groups is 1. The number of Topliss-reactive ketones (excluding diaryl/α,β-unsaturated/α-hetero) is 1. The number of nitrogens with zero attached hydrogens (tertiary/aromatic N) is 1. The van der Waals surface area contributed by atoms with Crippen molar-refractivity contribution in [3.8, 4) is 0 Å². The number of hydrogen-bond acceptors (Lipinski definition) is 8. The SMILES string of the molecule is CC(C)[C@H](NC(=O)C[C@H](NC(=O)OC(C)(C)C)c1cccc([N+](=O)[O-])c1)C(=O)[C@@H]1C(=O)NC(=O)[C@H]1C. The first-order valence-corrected chi connectivity index (χ1v) is 11.5. The fraction of sp³-hybridized carbons (Fsp3) is 0.542. The van der Waals surface area contributed by atoms with Crippen molar-refractivity contribution in [1.29, 1.82) is 0 Å². The van der Waals surface area contributed by atoms with Gasteiger partial charge in [-0.3, -0.25) is 34.6 Å². The number of alkyl carbamates (subject to hydrolysis) is 1. The van der Waals surface area contributed by atoms with Gasteiger partial charge in [0, 0.05) is 12.1 Å². The molecule has 1 aliphatic rings. The normalized spacial score (nSPS) is 19.3. The van der Waals surface area contributed by atoms with Crippen molar-refractivity contribution < 1.29 is 33.6 Å². The zero-order chi connectivity index (χ0) is 27.4. The second-order valence-electron chi connectivity index (χ2n) is 10.1. The highest BCUT2D eigenvalue weighted by atomic mass is 16.6. The van der Waals surface area contributed by atoms with Crippen LogP contribution in [0.3, 0.4) is 0 Å². The lowest BCUT2D eigenvalue weighted by molar-refractivity contribution is -0.384. The zero-order valence-corrected chi connectivity index (χ0v) is 21.1. The summed E-state index contributed by atoms with van der Waals surface area (Å²) >= 11 is 0. The molecule has 0 aromatic heterocycles. The van der Waals surface area contributed by atoms with E-state index in [2.05, 4.69) is 16.0 Å². The van der Waals surface area contributed by atoms with Gasteiger partial charge in [0.2, 0.25) is 17.7 Å². The van der Waals surface area contributed by atoms with Gasteiger partial charge in [-0.2, -0.15) is 0 Å². The average molecular weight is 505 g/mol. The van der Waals surface area contributed by atoms with Gasteiger partial charge < -0.3 is 15.4 Å². The van der Waals surface area contributed by atoms with Crippen LogP contribution in [0, 0.1) is 27.9 Å². The summed E-state index contributed by atoms with van der Waals surface area (Å²) < 4.78 is 5.26. The maximum Gasteiger partial charge on any atom is 0.408 e. The van der Waals surface area contributed by atoms with E-state index in [1.54, 1.807) is 34.6 Å². The number of nitro groups is 1. The van der Waals surface area contributed by atoms with Crippen LogP contribution in [0.15, 0.2) is 24.3 Å².